The first kappa shape index (κ1) is 27.6. The fourth-order valence-corrected chi connectivity index (χ4v) is 4.88. The summed E-state index contributed by atoms with van der Waals surface area (Å²) >= 11 is 0. The minimum absolute atomic E-state index is 0.138. The van der Waals surface area contributed by atoms with Crippen molar-refractivity contribution in [1.29, 1.82) is 0 Å². The molecule has 0 amide bonds. The molecule has 8 heteroatoms. The maximum Gasteiger partial charge on any atom is 0.346 e. The van der Waals surface area contributed by atoms with E-state index in [1.165, 1.54) is 19.1 Å². The molecule has 0 saturated heterocycles. The predicted molar refractivity (Wildman–Crippen MR) is 133 cm³/mol. The Kier molecular flexibility index (Phi) is 8.69. The molecular weight excluding hydrogens is 503 g/mol. The molecule has 0 aromatic heterocycles. The van der Waals surface area contributed by atoms with Gasteiger partial charge >= 0.3 is 5.97 Å². The minimum atomic E-state index is -1.40. The molecule has 0 spiro atoms. The average Bonchev–Trinajstić information content (AvgIpc) is 2.90. The molecule has 1 aliphatic rings. The largest absolute Gasteiger partial charge is 0.490 e. The first-order valence-electron chi connectivity index (χ1n) is 12.8. The number of benzene rings is 3. The van der Waals surface area contributed by atoms with Crippen LogP contribution in [0.5, 0.6) is 11.5 Å². The second-order valence-electron chi connectivity index (χ2n) is 9.66. The molecule has 202 valence electrons. The number of esters is 1. The van der Waals surface area contributed by atoms with E-state index in [-0.39, 0.29) is 35.5 Å². The van der Waals surface area contributed by atoms with E-state index in [4.69, 9.17) is 9.47 Å². The molecule has 1 aliphatic carbocycles. The molecule has 0 heterocycles. The second-order valence-corrected chi connectivity index (χ2v) is 9.66. The Labute approximate surface area is 218 Å². The van der Waals surface area contributed by atoms with Gasteiger partial charge in [-0.15, -0.1) is 0 Å². The Morgan fingerprint density at radius 1 is 0.816 bits per heavy atom. The monoisotopic (exact) mass is 532 g/mol. The number of halogens is 5. The molecule has 3 nitrogen and oxygen atoms in total. The van der Waals surface area contributed by atoms with Gasteiger partial charge in [-0.25, -0.2) is 22.4 Å². The quantitative estimate of drug-likeness (QED) is 0.126. The number of unbranched alkanes of at least 4 members (excludes halogenated alkanes) is 1. The number of rotatable bonds is 8. The van der Waals surface area contributed by atoms with Crippen molar-refractivity contribution >= 4 is 5.97 Å². The third kappa shape index (κ3) is 5.84. The summed E-state index contributed by atoms with van der Waals surface area (Å²) in [6, 6.07) is 9.32. The minimum Gasteiger partial charge on any atom is -0.490 e. The van der Waals surface area contributed by atoms with Crippen molar-refractivity contribution in [2.45, 2.75) is 64.2 Å². The zero-order valence-electron chi connectivity index (χ0n) is 21.3. The van der Waals surface area contributed by atoms with Gasteiger partial charge in [0.05, 0.1) is 12.2 Å². The molecular formula is C30H29F5O3. The summed E-state index contributed by atoms with van der Waals surface area (Å²) in [5.41, 5.74) is 0.389. The molecule has 0 bridgehead atoms. The number of hydrogen-bond acceptors (Lipinski definition) is 3. The van der Waals surface area contributed by atoms with Crippen molar-refractivity contribution in [2.75, 3.05) is 6.61 Å². The Morgan fingerprint density at radius 3 is 2.13 bits per heavy atom. The van der Waals surface area contributed by atoms with Gasteiger partial charge in [-0.3, -0.25) is 0 Å². The van der Waals surface area contributed by atoms with Crippen LogP contribution in [0.2, 0.25) is 0 Å². The SMILES string of the molecule is CCCCOc1ccc(C(=O)Oc2ccc(C3CCC(c4ccc(C)c(F)c4F)CC3)c(F)c2)c(F)c1F. The highest BCUT2D eigenvalue weighted by atomic mass is 19.2. The number of aryl methyl sites for hydroxylation is 1. The highest BCUT2D eigenvalue weighted by Gasteiger charge is 2.28. The van der Waals surface area contributed by atoms with E-state index in [9.17, 15) is 26.7 Å². The zero-order chi connectivity index (χ0) is 27.4. The van der Waals surface area contributed by atoms with Crippen LogP contribution in [0, 0.1) is 36.0 Å². The molecule has 3 aromatic carbocycles. The molecule has 0 N–H and O–H groups in total. The lowest BCUT2D eigenvalue weighted by molar-refractivity contribution is 0.0728. The standard InChI is InChI=1S/C30H29F5O3/c1-3-4-15-37-25-14-13-23(28(34)29(25)35)30(36)38-20-10-12-21(24(31)16-20)18-6-8-19(9-7-18)22-11-5-17(2)26(32)27(22)33/h5,10-14,16,18-19H,3-4,6-9,15H2,1-2H3. The van der Waals surface area contributed by atoms with Gasteiger partial charge in [0.25, 0.3) is 0 Å². The fourth-order valence-electron chi connectivity index (χ4n) is 4.88. The number of carbonyl (C=O) groups excluding carboxylic acids is 1. The molecule has 0 radical (unpaired) electrons. The number of ether oxygens (including phenoxy) is 2. The highest BCUT2D eigenvalue weighted by molar-refractivity contribution is 5.91. The van der Waals surface area contributed by atoms with Gasteiger partial charge in [0.1, 0.15) is 11.6 Å². The summed E-state index contributed by atoms with van der Waals surface area (Å²) in [7, 11) is 0. The Bertz CT molecular complexity index is 1320. The maximum atomic E-state index is 15.0. The van der Waals surface area contributed by atoms with E-state index in [1.54, 1.807) is 12.1 Å². The first-order chi connectivity index (χ1) is 18.2. The summed E-state index contributed by atoms with van der Waals surface area (Å²) in [5, 5.41) is 0. The van der Waals surface area contributed by atoms with Crippen LogP contribution in [0.4, 0.5) is 22.0 Å². The van der Waals surface area contributed by atoms with Gasteiger partial charge in [-0.2, -0.15) is 4.39 Å². The summed E-state index contributed by atoms with van der Waals surface area (Å²) in [6.07, 6.45) is 3.78. The van der Waals surface area contributed by atoms with Crippen molar-refractivity contribution in [3.63, 3.8) is 0 Å². The zero-order valence-corrected chi connectivity index (χ0v) is 21.3. The van der Waals surface area contributed by atoms with Crippen molar-refractivity contribution in [3.05, 3.63) is 93.8 Å². The molecule has 1 fully saturated rings. The van der Waals surface area contributed by atoms with Crippen molar-refractivity contribution in [2.24, 2.45) is 0 Å². The Morgan fingerprint density at radius 2 is 1.47 bits per heavy atom. The van der Waals surface area contributed by atoms with Gasteiger partial charge < -0.3 is 9.47 Å². The summed E-state index contributed by atoms with van der Waals surface area (Å²) in [6.45, 7) is 3.65. The van der Waals surface area contributed by atoms with Gasteiger partial charge in [0.2, 0.25) is 5.82 Å². The van der Waals surface area contributed by atoms with E-state index < -0.39 is 40.6 Å². The van der Waals surface area contributed by atoms with Crippen LogP contribution in [0.3, 0.4) is 0 Å². The molecule has 1 saturated carbocycles. The second kappa shape index (κ2) is 12.0. The molecule has 0 atom stereocenters. The summed E-state index contributed by atoms with van der Waals surface area (Å²) < 4.78 is 82.4. The topological polar surface area (TPSA) is 35.5 Å². The predicted octanol–water partition coefficient (Wildman–Crippen LogP) is 8.53. The third-order valence-electron chi connectivity index (χ3n) is 7.12. The van der Waals surface area contributed by atoms with E-state index >= 15 is 0 Å². The van der Waals surface area contributed by atoms with Crippen LogP contribution < -0.4 is 9.47 Å². The van der Waals surface area contributed by atoms with Gasteiger partial charge in [-0.1, -0.05) is 31.5 Å². The lowest BCUT2D eigenvalue weighted by atomic mass is 9.76. The summed E-state index contributed by atoms with van der Waals surface area (Å²) in [4.78, 5) is 12.5. The normalized spacial score (nSPS) is 17.3. The number of carbonyl (C=O) groups is 1. The molecule has 38 heavy (non-hydrogen) atoms. The maximum absolute atomic E-state index is 15.0. The average molecular weight is 533 g/mol. The third-order valence-corrected chi connectivity index (χ3v) is 7.12. The van der Waals surface area contributed by atoms with Crippen LogP contribution in [-0.2, 0) is 0 Å². The lowest BCUT2D eigenvalue weighted by Crippen LogP contribution is -2.15. The smallest absolute Gasteiger partial charge is 0.346 e. The highest BCUT2D eigenvalue weighted by Crippen LogP contribution is 2.42. The molecule has 4 rings (SSSR count). The van der Waals surface area contributed by atoms with Crippen molar-refractivity contribution < 1.29 is 36.2 Å². The van der Waals surface area contributed by atoms with E-state index in [0.29, 0.717) is 43.2 Å². The van der Waals surface area contributed by atoms with E-state index in [2.05, 4.69) is 0 Å². The molecule has 0 unspecified atom stereocenters. The lowest BCUT2D eigenvalue weighted by Gasteiger charge is -2.29. The summed E-state index contributed by atoms with van der Waals surface area (Å²) in [5.74, 6) is -6.84. The number of hydrogen-bond donors (Lipinski definition) is 0. The molecule has 0 aliphatic heterocycles. The van der Waals surface area contributed by atoms with Crippen LogP contribution >= 0.6 is 0 Å². The van der Waals surface area contributed by atoms with Gasteiger partial charge in [0.15, 0.2) is 23.2 Å². The van der Waals surface area contributed by atoms with Crippen molar-refractivity contribution in [3.8, 4) is 11.5 Å². The van der Waals surface area contributed by atoms with Crippen LogP contribution in [-0.4, -0.2) is 12.6 Å². The first-order valence-corrected chi connectivity index (χ1v) is 12.8. The Hall–Kier alpha value is -3.42. The van der Waals surface area contributed by atoms with Gasteiger partial charge in [-0.05, 0) is 85.8 Å². The van der Waals surface area contributed by atoms with Crippen molar-refractivity contribution in [1.82, 2.24) is 0 Å². The van der Waals surface area contributed by atoms with Crippen LogP contribution in [0.15, 0.2) is 42.5 Å². The fraction of sp³-hybridized carbons (Fsp3) is 0.367. The van der Waals surface area contributed by atoms with Crippen LogP contribution in [0.1, 0.15) is 84.3 Å². The van der Waals surface area contributed by atoms with Gasteiger partial charge in [0, 0.05) is 6.07 Å². The Balaban J connectivity index is 1.40. The van der Waals surface area contributed by atoms with E-state index in [1.807, 2.05) is 6.92 Å². The molecule has 3 aromatic rings. The van der Waals surface area contributed by atoms with Crippen LogP contribution in [0.25, 0.3) is 0 Å². The van der Waals surface area contributed by atoms with E-state index in [0.717, 1.165) is 24.6 Å².